The highest BCUT2D eigenvalue weighted by molar-refractivity contribution is 6.05. The zero-order valence-electron chi connectivity index (χ0n) is 16.3. The Morgan fingerprint density at radius 1 is 1.28 bits per heavy atom. The van der Waals surface area contributed by atoms with Crippen LogP contribution in [0, 0.1) is 12.8 Å². The molecule has 1 atom stereocenters. The molecule has 1 unspecified atom stereocenters. The number of pyridine rings is 1. The number of hydrogen-bond donors (Lipinski definition) is 3. The van der Waals surface area contributed by atoms with Crippen LogP contribution in [0.1, 0.15) is 44.7 Å². The maximum atomic E-state index is 13.0. The Kier molecular flexibility index (Phi) is 6.39. The molecule has 0 radical (unpaired) electrons. The molecule has 7 nitrogen and oxygen atoms in total. The van der Waals surface area contributed by atoms with E-state index in [4.69, 9.17) is 0 Å². The number of nitrogens with one attached hydrogen (secondary N) is 3. The average Bonchev–Trinajstić information content (AvgIpc) is 3.05. The number of anilines is 1. The summed E-state index contributed by atoms with van der Waals surface area (Å²) in [5.41, 5.74) is 2.60. The molecule has 2 aliphatic heterocycles. The van der Waals surface area contributed by atoms with E-state index in [1.54, 1.807) is 35.9 Å². The smallest absolute Gasteiger partial charge is 0.263 e. The van der Waals surface area contributed by atoms with Crippen LogP contribution in [0.5, 0.6) is 0 Å². The summed E-state index contributed by atoms with van der Waals surface area (Å²) < 4.78 is 1.64. The molecule has 154 valence electrons. The van der Waals surface area contributed by atoms with E-state index in [1.165, 1.54) is 0 Å². The van der Waals surface area contributed by atoms with Gasteiger partial charge in [-0.1, -0.05) is 0 Å². The number of aromatic nitrogens is 1. The van der Waals surface area contributed by atoms with Gasteiger partial charge in [-0.3, -0.25) is 14.4 Å². The first kappa shape index (κ1) is 21.1. The quantitative estimate of drug-likeness (QED) is 0.711. The van der Waals surface area contributed by atoms with Gasteiger partial charge in [0.05, 0.1) is 0 Å². The maximum absolute atomic E-state index is 13.0. The van der Waals surface area contributed by atoms with Crippen molar-refractivity contribution in [2.45, 2.75) is 32.9 Å². The molecule has 3 heterocycles. The molecular formula is C21H25ClN4O3. The highest BCUT2D eigenvalue weighted by atomic mass is 35.5. The molecule has 3 N–H and O–H groups in total. The van der Waals surface area contributed by atoms with E-state index in [0.717, 1.165) is 31.5 Å². The number of aryl methyl sites for hydroxylation is 1. The van der Waals surface area contributed by atoms with Gasteiger partial charge in [0.2, 0.25) is 0 Å². The van der Waals surface area contributed by atoms with Gasteiger partial charge >= 0.3 is 0 Å². The minimum Gasteiger partial charge on any atom is -0.348 e. The molecule has 2 aromatic rings. The van der Waals surface area contributed by atoms with E-state index in [0.29, 0.717) is 35.8 Å². The van der Waals surface area contributed by atoms with Gasteiger partial charge in [-0.2, -0.15) is 0 Å². The third kappa shape index (κ3) is 4.36. The third-order valence-corrected chi connectivity index (χ3v) is 5.50. The molecule has 1 aromatic heterocycles. The summed E-state index contributed by atoms with van der Waals surface area (Å²) in [5, 5.41) is 8.92. The summed E-state index contributed by atoms with van der Waals surface area (Å²) in [7, 11) is 0. The van der Waals surface area contributed by atoms with Crippen LogP contribution in [0.2, 0.25) is 0 Å². The molecule has 1 aromatic carbocycles. The number of fused-ring (bicyclic) bond motifs is 1. The largest absolute Gasteiger partial charge is 0.348 e. The molecule has 1 saturated heterocycles. The Morgan fingerprint density at radius 2 is 2.10 bits per heavy atom. The van der Waals surface area contributed by atoms with Crippen LogP contribution < -0.4 is 21.5 Å². The molecule has 2 amide bonds. The van der Waals surface area contributed by atoms with E-state index in [9.17, 15) is 14.4 Å². The minimum atomic E-state index is -0.421. The fourth-order valence-corrected chi connectivity index (χ4v) is 3.95. The van der Waals surface area contributed by atoms with Crippen molar-refractivity contribution in [3.63, 3.8) is 0 Å². The van der Waals surface area contributed by atoms with Gasteiger partial charge in [0.25, 0.3) is 17.4 Å². The molecule has 4 rings (SSSR count). The summed E-state index contributed by atoms with van der Waals surface area (Å²) in [6.45, 7) is 4.75. The van der Waals surface area contributed by atoms with Crippen LogP contribution in [0.4, 0.5) is 5.69 Å². The second-order valence-electron chi connectivity index (χ2n) is 7.55. The van der Waals surface area contributed by atoms with Crippen LogP contribution in [0.15, 0.2) is 35.3 Å². The van der Waals surface area contributed by atoms with Gasteiger partial charge in [-0.05, 0) is 74.2 Å². The predicted molar refractivity (Wildman–Crippen MR) is 114 cm³/mol. The van der Waals surface area contributed by atoms with Gasteiger partial charge in [-0.15, -0.1) is 12.4 Å². The second-order valence-corrected chi connectivity index (χ2v) is 7.55. The third-order valence-electron chi connectivity index (χ3n) is 5.50. The van der Waals surface area contributed by atoms with Gasteiger partial charge < -0.3 is 20.5 Å². The Morgan fingerprint density at radius 3 is 2.86 bits per heavy atom. The zero-order chi connectivity index (χ0) is 19.7. The first-order valence-corrected chi connectivity index (χ1v) is 9.66. The van der Waals surface area contributed by atoms with E-state index in [2.05, 4.69) is 16.0 Å². The molecule has 8 heteroatoms. The topological polar surface area (TPSA) is 92.2 Å². The minimum absolute atomic E-state index is 0. The number of hydrogen-bond acceptors (Lipinski definition) is 4. The number of piperidine rings is 1. The number of nitrogens with zero attached hydrogens (tertiary/aromatic N) is 1. The van der Waals surface area contributed by atoms with Gasteiger partial charge in [0, 0.05) is 30.5 Å². The molecule has 0 aliphatic carbocycles. The lowest BCUT2D eigenvalue weighted by Crippen LogP contribution is -2.36. The van der Waals surface area contributed by atoms with Crippen molar-refractivity contribution >= 4 is 29.9 Å². The predicted octanol–water partition coefficient (Wildman–Crippen LogP) is 2.07. The molecular weight excluding hydrogens is 392 g/mol. The number of halogens is 1. The van der Waals surface area contributed by atoms with E-state index in [-0.39, 0.29) is 29.4 Å². The van der Waals surface area contributed by atoms with Crippen molar-refractivity contribution in [2.75, 3.05) is 18.4 Å². The van der Waals surface area contributed by atoms with Crippen LogP contribution in [0.3, 0.4) is 0 Å². The number of amides is 2. The van der Waals surface area contributed by atoms with Crippen LogP contribution in [-0.4, -0.2) is 29.5 Å². The number of carbonyl (C=O) groups excluding carboxylic acids is 2. The standard InChI is InChI=1S/C21H24N4O3.ClH/c1-13-6-8-25(12-14-3-2-7-22-10-14)21(28)18(13)20(27)24-16-4-5-17-15(9-16)11-23-19(17)26;/h4-6,8-9,14,22H,2-3,7,10-12H2,1H3,(H,23,26)(H,24,27);1H. The lowest BCUT2D eigenvalue weighted by molar-refractivity contribution is 0.0964. The highest BCUT2D eigenvalue weighted by Gasteiger charge is 2.21. The molecule has 0 saturated carbocycles. The summed E-state index contributed by atoms with van der Waals surface area (Å²) >= 11 is 0. The first-order valence-electron chi connectivity index (χ1n) is 9.66. The van der Waals surface area contributed by atoms with E-state index >= 15 is 0 Å². The Balaban J connectivity index is 0.00000240. The molecule has 0 spiro atoms. The van der Waals surface area contributed by atoms with Gasteiger partial charge in [0.15, 0.2) is 0 Å². The lowest BCUT2D eigenvalue weighted by Gasteiger charge is -2.23. The van der Waals surface area contributed by atoms with Gasteiger partial charge in [-0.25, -0.2) is 0 Å². The highest BCUT2D eigenvalue weighted by Crippen LogP contribution is 2.21. The Hall–Kier alpha value is -2.64. The van der Waals surface area contributed by atoms with Crippen molar-refractivity contribution in [2.24, 2.45) is 5.92 Å². The fourth-order valence-electron chi connectivity index (χ4n) is 3.95. The fraction of sp³-hybridized carbons (Fsp3) is 0.381. The average molecular weight is 417 g/mol. The zero-order valence-corrected chi connectivity index (χ0v) is 17.1. The monoisotopic (exact) mass is 416 g/mol. The van der Waals surface area contributed by atoms with Crippen LogP contribution in [-0.2, 0) is 13.1 Å². The normalized spacial score (nSPS) is 17.8. The van der Waals surface area contributed by atoms with Crippen LogP contribution >= 0.6 is 12.4 Å². The SMILES string of the molecule is Cc1ccn(CC2CCCNC2)c(=O)c1C(=O)Nc1ccc2c(c1)CNC2=O.Cl. The molecule has 2 aliphatic rings. The maximum Gasteiger partial charge on any atom is 0.263 e. The number of rotatable bonds is 4. The van der Waals surface area contributed by atoms with E-state index in [1.807, 2.05) is 6.07 Å². The molecule has 1 fully saturated rings. The van der Waals surface area contributed by atoms with Crippen molar-refractivity contribution in [3.05, 3.63) is 63.1 Å². The molecule has 0 bridgehead atoms. The van der Waals surface area contributed by atoms with Crippen molar-refractivity contribution in [1.29, 1.82) is 0 Å². The molecule has 29 heavy (non-hydrogen) atoms. The summed E-state index contributed by atoms with van der Waals surface area (Å²) in [6, 6.07) is 6.97. The first-order chi connectivity index (χ1) is 13.5. The Bertz CT molecular complexity index is 996. The van der Waals surface area contributed by atoms with Crippen molar-refractivity contribution < 1.29 is 9.59 Å². The summed E-state index contributed by atoms with van der Waals surface area (Å²) in [4.78, 5) is 37.5. The summed E-state index contributed by atoms with van der Waals surface area (Å²) in [5.74, 6) is -0.130. The second kappa shape index (κ2) is 8.80. The van der Waals surface area contributed by atoms with Crippen LogP contribution in [0.25, 0.3) is 0 Å². The van der Waals surface area contributed by atoms with E-state index < -0.39 is 5.91 Å². The van der Waals surface area contributed by atoms with Crippen molar-refractivity contribution in [3.8, 4) is 0 Å². The lowest BCUT2D eigenvalue weighted by atomic mass is 9.99. The van der Waals surface area contributed by atoms with Gasteiger partial charge in [0.1, 0.15) is 5.56 Å². The number of benzene rings is 1. The Labute approximate surface area is 175 Å². The van der Waals surface area contributed by atoms with Crippen molar-refractivity contribution in [1.82, 2.24) is 15.2 Å². The number of carbonyl (C=O) groups is 2. The summed E-state index contributed by atoms with van der Waals surface area (Å²) in [6.07, 6.45) is 3.96.